The fourth-order valence-electron chi connectivity index (χ4n) is 1.62. The molecule has 1 N–H and O–H groups in total. The van der Waals surface area contributed by atoms with Crippen LogP contribution in [-0.2, 0) is 9.53 Å². The molecule has 1 aromatic heterocycles. The van der Waals surface area contributed by atoms with Gasteiger partial charge in [-0.3, -0.25) is 4.79 Å². The Morgan fingerprint density at radius 2 is 2.14 bits per heavy atom. The first-order valence-corrected chi connectivity index (χ1v) is 6.23. The van der Waals surface area contributed by atoms with Crippen molar-refractivity contribution in [2.75, 3.05) is 19.0 Å². The average Bonchev–Trinajstić information content (AvgIpc) is 2.92. The number of nitrogens with one attached hydrogen (secondary N) is 1. The van der Waals surface area contributed by atoms with Gasteiger partial charge in [0.1, 0.15) is 11.6 Å². The van der Waals surface area contributed by atoms with Crippen molar-refractivity contribution < 1.29 is 28.0 Å². The Kier molecular flexibility index (Phi) is 4.72. The van der Waals surface area contributed by atoms with Crippen LogP contribution < -0.4 is 10.1 Å². The number of methoxy groups -OCH3 is 1. The second-order valence-electron chi connectivity index (χ2n) is 4.30. The van der Waals surface area contributed by atoms with Crippen molar-refractivity contribution in [3.05, 3.63) is 41.4 Å². The lowest BCUT2D eigenvalue weighted by atomic mass is 10.2. The topological polar surface area (TPSA) is 90.7 Å². The molecule has 1 amide bonds. The van der Waals surface area contributed by atoms with Crippen LogP contribution in [-0.4, -0.2) is 30.7 Å². The van der Waals surface area contributed by atoms with Gasteiger partial charge >= 0.3 is 5.97 Å². The van der Waals surface area contributed by atoms with E-state index in [4.69, 9.17) is 9.26 Å². The van der Waals surface area contributed by atoms with Crippen molar-refractivity contribution >= 4 is 17.6 Å². The third-order valence-corrected chi connectivity index (χ3v) is 2.61. The molecule has 0 aliphatic rings. The molecule has 0 aliphatic heterocycles. The van der Waals surface area contributed by atoms with Crippen molar-refractivity contribution in [1.29, 1.82) is 0 Å². The third-order valence-electron chi connectivity index (χ3n) is 2.61. The molecule has 116 valence electrons. The number of aromatic nitrogens is 1. The zero-order valence-corrected chi connectivity index (χ0v) is 11.9. The summed E-state index contributed by atoms with van der Waals surface area (Å²) in [5.41, 5.74) is -0.0277. The Morgan fingerprint density at radius 3 is 2.77 bits per heavy atom. The Balaban J connectivity index is 1.98. The largest absolute Gasteiger partial charge is 0.465 e. The van der Waals surface area contributed by atoms with Gasteiger partial charge in [-0.25, -0.2) is 9.18 Å². The molecule has 0 fully saturated rings. The van der Waals surface area contributed by atoms with Crippen LogP contribution in [0, 0.1) is 12.7 Å². The lowest BCUT2D eigenvalue weighted by Gasteiger charge is -2.07. The molecule has 2 aromatic rings. The van der Waals surface area contributed by atoms with E-state index in [-0.39, 0.29) is 23.7 Å². The minimum absolute atomic E-state index is 0.182. The lowest BCUT2D eigenvalue weighted by Crippen LogP contribution is -2.20. The number of carbonyl (C=O) groups is 2. The molecular formula is C14H13FN2O5. The standard InChI is InChI=1S/C14H13FN2O5/c1-8-5-13(17-22-8)21-7-12(18)16-9-3-4-11(15)10(6-9)14(19)20-2/h3-6H,7H2,1-2H3,(H,16,18). The molecule has 0 atom stereocenters. The number of halogens is 1. The van der Waals surface area contributed by atoms with Crippen molar-refractivity contribution in [1.82, 2.24) is 5.16 Å². The molecule has 1 heterocycles. The summed E-state index contributed by atoms with van der Waals surface area (Å²) < 4.78 is 27.8. The molecule has 0 saturated carbocycles. The minimum Gasteiger partial charge on any atom is -0.465 e. The lowest BCUT2D eigenvalue weighted by molar-refractivity contribution is -0.118. The molecule has 0 radical (unpaired) electrons. The molecular weight excluding hydrogens is 295 g/mol. The van der Waals surface area contributed by atoms with Gasteiger partial charge in [-0.15, -0.1) is 0 Å². The van der Waals surface area contributed by atoms with E-state index < -0.39 is 17.7 Å². The highest BCUT2D eigenvalue weighted by molar-refractivity contribution is 5.95. The van der Waals surface area contributed by atoms with Crippen LogP contribution >= 0.6 is 0 Å². The molecule has 22 heavy (non-hydrogen) atoms. The molecule has 0 bridgehead atoms. The zero-order chi connectivity index (χ0) is 16.1. The van der Waals surface area contributed by atoms with Crippen molar-refractivity contribution in [2.45, 2.75) is 6.92 Å². The Bertz CT molecular complexity index is 698. The minimum atomic E-state index is -0.831. The number of rotatable bonds is 5. The van der Waals surface area contributed by atoms with Gasteiger partial charge in [-0.2, -0.15) is 0 Å². The number of aryl methyl sites for hydroxylation is 1. The molecule has 7 nitrogen and oxygen atoms in total. The summed E-state index contributed by atoms with van der Waals surface area (Å²) in [5, 5.41) is 6.04. The predicted molar refractivity (Wildman–Crippen MR) is 73.1 cm³/mol. The number of hydrogen-bond donors (Lipinski definition) is 1. The third kappa shape index (κ3) is 3.81. The number of esters is 1. The number of amides is 1. The van der Waals surface area contributed by atoms with Crippen molar-refractivity contribution in [3.8, 4) is 5.88 Å². The van der Waals surface area contributed by atoms with Crippen molar-refractivity contribution in [2.24, 2.45) is 0 Å². The van der Waals surface area contributed by atoms with Gasteiger partial charge in [-0.1, -0.05) is 0 Å². The Labute approximate surface area is 125 Å². The summed E-state index contributed by atoms with van der Waals surface area (Å²) in [5.74, 6) is -1.33. The SMILES string of the molecule is COC(=O)c1cc(NC(=O)COc2cc(C)on2)ccc1F. The number of benzene rings is 1. The normalized spacial score (nSPS) is 10.1. The number of ether oxygens (including phenoxy) is 2. The van der Waals surface area contributed by atoms with Gasteiger partial charge < -0.3 is 19.3 Å². The van der Waals surface area contributed by atoms with Crippen LogP contribution in [0.3, 0.4) is 0 Å². The van der Waals surface area contributed by atoms with Crippen LogP contribution in [0.2, 0.25) is 0 Å². The van der Waals surface area contributed by atoms with Gasteiger partial charge in [0, 0.05) is 11.8 Å². The fourth-order valence-corrected chi connectivity index (χ4v) is 1.62. The summed E-state index contributed by atoms with van der Waals surface area (Å²) in [4.78, 5) is 23.1. The van der Waals surface area contributed by atoms with E-state index in [1.807, 2.05) is 0 Å². The number of carbonyl (C=O) groups excluding carboxylic acids is 2. The van der Waals surface area contributed by atoms with E-state index in [9.17, 15) is 14.0 Å². The molecule has 0 spiro atoms. The molecule has 0 unspecified atom stereocenters. The number of anilines is 1. The summed E-state index contributed by atoms with van der Waals surface area (Å²) in [6.45, 7) is 1.38. The highest BCUT2D eigenvalue weighted by Crippen LogP contribution is 2.16. The average molecular weight is 308 g/mol. The summed E-state index contributed by atoms with van der Waals surface area (Å²) in [7, 11) is 1.14. The highest BCUT2D eigenvalue weighted by atomic mass is 19.1. The first kappa shape index (κ1) is 15.5. The van der Waals surface area contributed by atoms with Crippen LogP contribution in [0.25, 0.3) is 0 Å². The molecule has 0 saturated heterocycles. The van der Waals surface area contributed by atoms with Gasteiger partial charge in [0.2, 0.25) is 0 Å². The van der Waals surface area contributed by atoms with E-state index >= 15 is 0 Å². The van der Waals surface area contributed by atoms with E-state index in [0.29, 0.717) is 5.76 Å². The van der Waals surface area contributed by atoms with E-state index in [2.05, 4.69) is 15.2 Å². The summed E-state index contributed by atoms with van der Waals surface area (Å²) in [6.07, 6.45) is 0. The van der Waals surface area contributed by atoms with Gasteiger partial charge in [0.05, 0.1) is 12.7 Å². The number of hydrogen-bond acceptors (Lipinski definition) is 6. The Morgan fingerprint density at radius 1 is 1.36 bits per heavy atom. The first-order chi connectivity index (χ1) is 10.5. The second kappa shape index (κ2) is 6.70. The second-order valence-corrected chi connectivity index (χ2v) is 4.30. The smallest absolute Gasteiger partial charge is 0.340 e. The highest BCUT2D eigenvalue weighted by Gasteiger charge is 2.14. The van der Waals surface area contributed by atoms with E-state index in [1.165, 1.54) is 18.2 Å². The monoisotopic (exact) mass is 308 g/mol. The molecule has 8 heteroatoms. The van der Waals surface area contributed by atoms with E-state index in [0.717, 1.165) is 13.2 Å². The van der Waals surface area contributed by atoms with E-state index in [1.54, 1.807) is 6.92 Å². The van der Waals surface area contributed by atoms with Crippen LogP contribution in [0.5, 0.6) is 5.88 Å². The van der Waals surface area contributed by atoms with Crippen molar-refractivity contribution in [3.63, 3.8) is 0 Å². The predicted octanol–water partition coefficient (Wildman–Crippen LogP) is 1.93. The zero-order valence-electron chi connectivity index (χ0n) is 11.9. The van der Waals surface area contributed by atoms with Crippen LogP contribution in [0.4, 0.5) is 10.1 Å². The fraction of sp³-hybridized carbons (Fsp3) is 0.214. The van der Waals surface area contributed by atoms with Gasteiger partial charge in [0.15, 0.2) is 6.61 Å². The summed E-state index contributed by atoms with van der Waals surface area (Å²) in [6, 6.07) is 5.09. The molecule has 1 aromatic carbocycles. The quantitative estimate of drug-likeness (QED) is 0.849. The maximum atomic E-state index is 13.5. The van der Waals surface area contributed by atoms with Gasteiger partial charge in [-0.05, 0) is 30.3 Å². The Hall–Kier alpha value is -2.90. The number of nitrogens with zero attached hydrogens (tertiary/aromatic N) is 1. The van der Waals surface area contributed by atoms with Crippen LogP contribution in [0.1, 0.15) is 16.1 Å². The summed E-state index contributed by atoms with van der Waals surface area (Å²) >= 11 is 0. The maximum Gasteiger partial charge on any atom is 0.340 e. The molecule has 0 aliphatic carbocycles. The van der Waals surface area contributed by atoms with Crippen LogP contribution in [0.15, 0.2) is 28.8 Å². The van der Waals surface area contributed by atoms with Gasteiger partial charge in [0.25, 0.3) is 11.8 Å². The molecule has 2 rings (SSSR count). The first-order valence-electron chi connectivity index (χ1n) is 6.23. The maximum absolute atomic E-state index is 13.5.